The maximum absolute atomic E-state index is 12.1. The maximum Gasteiger partial charge on any atom is 0.326 e. The Balaban J connectivity index is 2.13. The Morgan fingerprint density at radius 2 is 2.00 bits per heavy atom. The van der Waals surface area contributed by atoms with Crippen molar-refractivity contribution in [3.05, 3.63) is 34.7 Å². The Labute approximate surface area is 125 Å². The van der Waals surface area contributed by atoms with Gasteiger partial charge in [-0.25, -0.2) is 0 Å². The predicted molar refractivity (Wildman–Crippen MR) is 77.4 cm³/mol. The summed E-state index contributed by atoms with van der Waals surface area (Å²) >= 11 is 0.769. The van der Waals surface area contributed by atoms with Crippen LogP contribution < -0.4 is 0 Å². The third-order valence-corrected chi connectivity index (χ3v) is 3.56. The van der Waals surface area contributed by atoms with Gasteiger partial charge in [0.25, 0.3) is 11.1 Å². The van der Waals surface area contributed by atoms with Crippen LogP contribution in [0.1, 0.15) is 12.5 Å². The van der Waals surface area contributed by atoms with Gasteiger partial charge in [0, 0.05) is 0 Å². The molecule has 0 spiro atoms. The highest BCUT2D eigenvalue weighted by Gasteiger charge is 2.36. The molecule has 21 heavy (non-hydrogen) atoms. The molecule has 6 nitrogen and oxygen atoms in total. The average Bonchev–Trinajstić information content (AvgIpc) is 2.69. The lowest BCUT2D eigenvalue weighted by Crippen LogP contribution is -2.34. The fourth-order valence-corrected chi connectivity index (χ4v) is 2.53. The first-order valence-corrected chi connectivity index (χ1v) is 7.03. The zero-order valence-corrected chi connectivity index (χ0v) is 12.1. The molecule has 1 N–H and O–H groups in total. The standard InChI is InChI=1S/C14H13NO5S/c1-2-20-12(17)8-15-13(18)11(21-14(15)19)7-9-3-5-10(16)6-4-9/h3-7,16H,2,8H2,1H3/b11-7+. The van der Waals surface area contributed by atoms with E-state index in [1.807, 2.05) is 0 Å². The number of aromatic hydroxyl groups is 1. The highest BCUT2D eigenvalue weighted by Crippen LogP contribution is 2.32. The molecular weight excluding hydrogens is 294 g/mol. The average molecular weight is 307 g/mol. The van der Waals surface area contributed by atoms with Crippen LogP contribution in [0.3, 0.4) is 0 Å². The van der Waals surface area contributed by atoms with Gasteiger partial charge in [-0.05, 0) is 42.5 Å². The number of hydrogen-bond donors (Lipinski definition) is 1. The van der Waals surface area contributed by atoms with E-state index >= 15 is 0 Å². The first kappa shape index (κ1) is 15.1. The molecule has 1 saturated heterocycles. The van der Waals surface area contributed by atoms with Crippen molar-refractivity contribution in [1.29, 1.82) is 0 Å². The van der Waals surface area contributed by atoms with Crippen molar-refractivity contribution in [2.24, 2.45) is 0 Å². The Kier molecular flexibility index (Phi) is 4.64. The molecule has 0 aromatic heterocycles. The summed E-state index contributed by atoms with van der Waals surface area (Å²) in [6.45, 7) is 1.46. The molecule has 1 aromatic rings. The fraction of sp³-hybridized carbons (Fsp3) is 0.214. The van der Waals surface area contributed by atoms with Gasteiger partial charge in [0.2, 0.25) is 0 Å². The first-order valence-electron chi connectivity index (χ1n) is 6.21. The van der Waals surface area contributed by atoms with Gasteiger partial charge < -0.3 is 9.84 Å². The van der Waals surface area contributed by atoms with E-state index in [1.165, 1.54) is 18.2 Å². The third kappa shape index (κ3) is 3.63. The number of rotatable bonds is 4. The molecule has 1 aromatic carbocycles. The van der Waals surface area contributed by atoms with Crippen LogP contribution in [-0.2, 0) is 14.3 Å². The highest BCUT2D eigenvalue weighted by atomic mass is 32.2. The van der Waals surface area contributed by atoms with Crippen LogP contribution in [0.25, 0.3) is 6.08 Å². The normalized spacial score (nSPS) is 16.6. The molecule has 1 heterocycles. The Morgan fingerprint density at radius 1 is 1.33 bits per heavy atom. The van der Waals surface area contributed by atoms with E-state index in [9.17, 15) is 19.5 Å². The summed E-state index contributed by atoms with van der Waals surface area (Å²) in [6, 6.07) is 6.20. The van der Waals surface area contributed by atoms with Gasteiger partial charge in [-0.3, -0.25) is 19.3 Å². The lowest BCUT2D eigenvalue weighted by Gasteiger charge is -2.10. The second-order valence-corrected chi connectivity index (χ2v) is 5.16. The monoisotopic (exact) mass is 307 g/mol. The second kappa shape index (κ2) is 6.45. The van der Waals surface area contributed by atoms with Gasteiger partial charge >= 0.3 is 5.97 Å². The number of benzene rings is 1. The minimum atomic E-state index is -0.620. The number of carbonyl (C=O) groups is 3. The molecule has 0 aliphatic carbocycles. The molecule has 2 rings (SSSR count). The summed E-state index contributed by atoms with van der Waals surface area (Å²) in [5.74, 6) is -1.03. The van der Waals surface area contributed by atoms with E-state index in [-0.39, 0.29) is 23.8 Å². The molecule has 1 aliphatic heterocycles. The van der Waals surface area contributed by atoms with E-state index in [0.29, 0.717) is 5.56 Å². The number of hydrogen-bond acceptors (Lipinski definition) is 6. The molecule has 0 bridgehead atoms. The summed E-state index contributed by atoms with van der Waals surface area (Å²) in [7, 11) is 0. The molecule has 7 heteroatoms. The van der Waals surface area contributed by atoms with Crippen molar-refractivity contribution in [2.45, 2.75) is 6.92 Å². The molecule has 1 aliphatic rings. The largest absolute Gasteiger partial charge is 0.508 e. The molecule has 2 amide bonds. The van der Waals surface area contributed by atoms with Gasteiger partial charge in [-0.1, -0.05) is 12.1 Å². The van der Waals surface area contributed by atoms with Gasteiger partial charge in [0.15, 0.2) is 0 Å². The molecule has 0 atom stereocenters. The number of esters is 1. The summed E-state index contributed by atoms with van der Waals surface area (Å²) in [5.41, 5.74) is 0.675. The van der Waals surface area contributed by atoms with E-state index in [4.69, 9.17) is 4.74 Å². The lowest BCUT2D eigenvalue weighted by molar-refractivity contribution is -0.145. The van der Waals surface area contributed by atoms with Gasteiger partial charge in [0.1, 0.15) is 12.3 Å². The number of amides is 2. The Bertz CT molecular complexity index is 608. The van der Waals surface area contributed by atoms with E-state index in [1.54, 1.807) is 19.1 Å². The van der Waals surface area contributed by atoms with Crippen LogP contribution in [0.5, 0.6) is 5.75 Å². The van der Waals surface area contributed by atoms with Crippen molar-refractivity contribution in [3.8, 4) is 5.75 Å². The first-order chi connectivity index (χ1) is 10.0. The topological polar surface area (TPSA) is 83.9 Å². The number of nitrogens with zero attached hydrogens (tertiary/aromatic N) is 1. The fourth-order valence-electron chi connectivity index (χ4n) is 1.69. The molecule has 0 radical (unpaired) electrons. The van der Waals surface area contributed by atoms with E-state index in [2.05, 4.69) is 0 Å². The molecule has 110 valence electrons. The van der Waals surface area contributed by atoms with Crippen LogP contribution in [-0.4, -0.2) is 40.3 Å². The smallest absolute Gasteiger partial charge is 0.326 e. The highest BCUT2D eigenvalue weighted by molar-refractivity contribution is 8.18. The van der Waals surface area contributed by atoms with E-state index < -0.39 is 17.1 Å². The molecule has 0 unspecified atom stereocenters. The SMILES string of the molecule is CCOC(=O)CN1C(=O)S/C(=C/c2ccc(O)cc2)C1=O. The van der Waals surface area contributed by atoms with Crippen LogP contribution in [0.15, 0.2) is 29.2 Å². The molecule has 1 fully saturated rings. The number of phenols is 1. The van der Waals surface area contributed by atoms with Crippen LogP contribution in [0.4, 0.5) is 4.79 Å². The lowest BCUT2D eigenvalue weighted by atomic mass is 10.2. The number of thioether (sulfide) groups is 1. The third-order valence-electron chi connectivity index (χ3n) is 2.66. The van der Waals surface area contributed by atoms with Gasteiger partial charge in [0.05, 0.1) is 11.5 Å². The number of carbonyl (C=O) groups excluding carboxylic acids is 3. The number of ether oxygens (including phenoxy) is 1. The van der Waals surface area contributed by atoms with Crippen molar-refractivity contribution < 1.29 is 24.2 Å². The molecular formula is C14H13NO5S. The Hall–Kier alpha value is -2.28. The zero-order chi connectivity index (χ0) is 15.4. The van der Waals surface area contributed by atoms with Gasteiger partial charge in [-0.15, -0.1) is 0 Å². The zero-order valence-electron chi connectivity index (χ0n) is 11.2. The van der Waals surface area contributed by atoms with Crippen molar-refractivity contribution in [3.63, 3.8) is 0 Å². The summed E-state index contributed by atoms with van der Waals surface area (Å²) in [6.07, 6.45) is 1.54. The quantitative estimate of drug-likeness (QED) is 0.676. The number of imide groups is 1. The summed E-state index contributed by atoms with van der Waals surface area (Å²) in [5, 5.41) is 8.69. The van der Waals surface area contributed by atoms with Crippen molar-refractivity contribution >= 4 is 35.0 Å². The minimum absolute atomic E-state index is 0.113. The predicted octanol–water partition coefficient (Wildman–Crippen LogP) is 1.99. The second-order valence-electron chi connectivity index (χ2n) is 4.16. The van der Waals surface area contributed by atoms with Crippen LogP contribution >= 0.6 is 11.8 Å². The minimum Gasteiger partial charge on any atom is -0.508 e. The summed E-state index contributed by atoms with van der Waals surface area (Å²) < 4.78 is 4.73. The summed E-state index contributed by atoms with van der Waals surface area (Å²) in [4.78, 5) is 36.3. The van der Waals surface area contributed by atoms with Crippen LogP contribution in [0.2, 0.25) is 0 Å². The van der Waals surface area contributed by atoms with E-state index in [0.717, 1.165) is 16.7 Å². The van der Waals surface area contributed by atoms with Gasteiger partial charge in [-0.2, -0.15) is 0 Å². The van der Waals surface area contributed by atoms with Crippen molar-refractivity contribution in [2.75, 3.05) is 13.2 Å². The van der Waals surface area contributed by atoms with Crippen LogP contribution in [0, 0.1) is 0 Å². The Morgan fingerprint density at radius 3 is 2.62 bits per heavy atom. The number of phenolic OH excluding ortho intramolecular Hbond substituents is 1. The van der Waals surface area contributed by atoms with Crippen molar-refractivity contribution in [1.82, 2.24) is 4.90 Å². The molecule has 0 saturated carbocycles. The maximum atomic E-state index is 12.1.